The van der Waals surface area contributed by atoms with Gasteiger partial charge >= 0.3 is 19.1 Å². The third-order valence-corrected chi connectivity index (χ3v) is 5.29. The van der Waals surface area contributed by atoms with E-state index in [-0.39, 0.29) is 33.7 Å². The van der Waals surface area contributed by atoms with Gasteiger partial charge in [-0.1, -0.05) is 36.4 Å². The number of esters is 2. The highest BCUT2D eigenvalue weighted by atomic mass is 16.5. The lowest BCUT2D eigenvalue weighted by Gasteiger charge is -2.36. The largest absolute Gasteiger partial charge is 0.490 e. The van der Waals surface area contributed by atoms with Gasteiger partial charge in [-0.2, -0.15) is 10.5 Å². The smallest absolute Gasteiger partial charge is 0.466 e. The topological polar surface area (TPSA) is 170 Å². The van der Waals surface area contributed by atoms with E-state index in [9.17, 15) is 30.2 Å². The second kappa shape index (κ2) is 9.92. The Kier molecular flexibility index (Phi) is 7.02. The van der Waals surface area contributed by atoms with E-state index in [2.05, 4.69) is 0 Å². The van der Waals surface area contributed by atoms with Crippen LogP contribution in [-0.2, 0) is 19.1 Å². The van der Waals surface area contributed by atoms with Crippen LogP contribution in [0.4, 0.5) is 5.69 Å². The Bertz CT molecular complexity index is 1290. The fraction of sp³-hybridized carbons (Fsp3) is 0.130. The molecule has 11 heteroatoms. The number of methoxy groups -OCH3 is 2. The molecule has 0 bridgehead atoms. The zero-order valence-corrected chi connectivity index (χ0v) is 18.2. The van der Waals surface area contributed by atoms with Gasteiger partial charge in [0.2, 0.25) is 0 Å². The number of nitrogens with zero attached hydrogens (tertiary/aromatic N) is 3. The number of hydrogen-bond donors (Lipinski definition) is 3. The van der Waals surface area contributed by atoms with Crippen LogP contribution in [0.25, 0.3) is 0 Å². The normalized spacial score (nSPS) is 15.4. The Morgan fingerprint density at radius 3 is 2.21 bits per heavy atom. The van der Waals surface area contributed by atoms with Crippen LogP contribution < -0.4 is 16.1 Å². The highest BCUT2D eigenvalue weighted by Gasteiger charge is 2.43. The summed E-state index contributed by atoms with van der Waals surface area (Å²) in [5.74, 6) is -3.27. The van der Waals surface area contributed by atoms with Crippen LogP contribution in [0.1, 0.15) is 17.0 Å². The Balaban J connectivity index is 2.50. The molecule has 170 valence electrons. The Morgan fingerprint density at radius 1 is 1.03 bits per heavy atom. The zero-order valence-electron chi connectivity index (χ0n) is 18.2. The van der Waals surface area contributed by atoms with Crippen LogP contribution in [0.3, 0.4) is 0 Å². The molecule has 0 aromatic heterocycles. The van der Waals surface area contributed by atoms with Crippen molar-refractivity contribution in [2.24, 2.45) is 5.73 Å². The van der Waals surface area contributed by atoms with Gasteiger partial charge in [0, 0.05) is 11.2 Å². The lowest BCUT2D eigenvalue weighted by molar-refractivity contribution is -0.139. The fourth-order valence-corrected chi connectivity index (χ4v) is 3.79. The van der Waals surface area contributed by atoms with Gasteiger partial charge in [0.15, 0.2) is 0 Å². The van der Waals surface area contributed by atoms with Gasteiger partial charge in [0.1, 0.15) is 11.5 Å². The summed E-state index contributed by atoms with van der Waals surface area (Å²) in [5, 5.41) is 39.3. The first kappa shape index (κ1) is 24.1. The zero-order chi connectivity index (χ0) is 25.0. The molecule has 0 aliphatic carbocycles. The Hall–Kier alpha value is -4.58. The van der Waals surface area contributed by atoms with Crippen molar-refractivity contribution in [3.8, 4) is 12.1 Å². The van der Waals surface area contributed by atoms with Crippen molar-refractivity contribution in [3.63, 3.8) is 0 Å². The van der Waals surface area contributed by atoms with Crippen LogP contribution in [0, 0.1) is 22.7 Å². The molecule has 4 N–H and O–H groups in total. The molecule has 2 aromatic carbocycles. The minimum Gasteiger partial charge on any atom is -0.466 e. The summed E-state index contributed by atoms with van der Waals surface area (Å²) in [5.41, 5.74) is 5.99. The number of allylic oxidation sites excluding steroid dienone is 1. The molecule has 0 spiro atoms. The summed E-state index contributed by atoms with van der Waals surface area (Å²) in [7, 11) is 0.171. The summed E-state index contributed by atoms with van der Waals surface area (Å²) in [6, 6.07) is 16.2. The SMILES string of the molecule is COC(=O)C1=C(C(=O)OC)N(c2cc(C#N)ccc2B(O)O)C(N)=C(C#N)C1c1ccccc1. The monoisotopic (exact) mass is 458 g/mol. The van der Waals surface area contributed by atoms with Gasteiger partial charge in [-0.3, -0.25) is 4.90 Å². The van der Waals surface area contributed by atoms with Gasteiger partial charge in [-0.15, -0.1) is 0 Å². The number of nitrogens with two attached hydrogens (primary N) is 1. The van der Waals surface area contributed by atoms with Crippen LogP contribution in [-0.4, -0.2) is 43.3 Å². The van der Waals surface area contributed by atoms with Crippen LogP contribution >= 0.6 is 0 Å². The molecule has 3 rings (SSSR count). The van der Waals surface area contributed by atoms with Crippen molar-refractivity contribution in [3.05, 3.63) is 82.3 Å². The van der Waals surface area contributed by atoms with Crippen molar-refractivity contribution in [1.29, 1.82) is 10.5 Å². The second-order valence-electron chi connectivity index (χ2n) is 7.09. The quantitative estimate of drug-likeness (QED) is 0.414. The maximum absolute atomic E-state index is 13.1. The highest BCUT2D eigenvalue weighted by Crippen LogP contribution is 2.43. The molecule has 0 saturated heterocycles. The summed E-state index contributed by atoms with van der Waals surface area (Å²) >= 11 is 0. The predicted molar refractivity (Wildman–Crippen MR) is 121 cm³/mol. The average molecular weight is 458 g/mol. The van der Waals surface area contributed by atoms with Crippen LogP contribution in [0.5, 0.6) is 0 Å². The van der Waals surface area contributed by atoms with Gasteiger partial charge in [-0.05, 0) is 17.7 Å². The molecule has 0 saturated carbocycles. The lowest BCUT2D eigenvalue weighted by atomic mass is 9.76. The van der Waals surface area contributed by atoms with Crippen LogP contribution in [0.15, 0.2) is 71.2 Å². The van der Waals surface area contributed by atoms with Crippen LogP contribution in [0.2, 0.25) is 0 Å². The number of nitriles is 2. The molecule has 10 nitrogen and oxygen atoms in total. The molecule has 0 radical (unpaired) electrons. The molecular weight excluding hydrogens is 439 g/mol. The number of benzene rings is 2. The number of ether oxygens (including phenoxy) is 2. The van der Waals surface area contributed by atoms with E-state index in [0.29, 0.717) is 5.56 Å². The molecule has 1 unspecified atom stereocenters. The minimum atomic E-state index is -2.03. The average Bonchev–Trinajstić information content (AvgIpc) is 2.86. The van der Waals surface area contributed by atoms with E-state index >= 15 is 0 Å². The fourth-order valence-electron chi connectivity index (χ4n) is 3.79. The van der Waals surface area contributed by atoms with E-state index in [1.165, 1.54) is 18.2 Å². The lowest BCUT2D eigenvalue weighted by Crippen LogP contribution is -2.44. The Labute approximate surface area is 195 Å². The maximum Gasteiger partial charge on any atom is 0.490 e. The summed E-state index contributed by atoms with van der Waals surface area (Å²) < 4.78 is 9.87. The minimum absolute atomic E-state index is 0.0970. The Morgan fingerprint density at radius 2 is 1.68 bits per heavy atom. The molecule has 1 aliphatic rings. The van der Waals surface area contributed by atoms with Gasteiger partial charge in [0.25, 0.3) is 0 Å². The molecule has 1 heterocycles. The molecule has 1 aliphatic heterocycles. The van der Waals surface area contributed by atoms with E-state index in [4.69, 9.17) is 15.2 Å². The van der Waals surface area contributed by atoms with E-state index in [0.717, 1.165) is 19.1 Å². The third-order valence-electron chi connectivity index (χ3n) is 5.29. The standard InChI is InChI=1S/C23H19BN4O6/c1-33-22(29)19-18(14-6-4-3-5-7-14)15(12-26)21(27)28(20(19)23(30)34-2)17-10-13(11-25)8-9-16(17)24(31)32/h3-10,18,31-32H,27H2,1-2H3. The van der Waals surface area contributed by atoms with E-state index in [1.54, 1.807) is 30.3 Å². The summed E-state index contributed by atoms with van der Waals surface area (Å²) in [4.78, 5) is 27.1. The molecule has 34 heavy (non-hydrogen) atoms. The van der Waals surface area contributed by atoms with Crippen molar-refractivity contribution in [2.45, 2.75) is 5.92 Å². The molecule has 1 atom stereocenters. The molecule has 0 amide bonds. The van der Waals surface area contributed by atoms with Crippen molar-refractivity contribution in [1.82, 2.24) is 0 Å². The first-order chi connectivity index (χ1) is 16.3. The number of hydrogen-bond acceptors (Lipinski definition) is 10. The number of carbonyl (C=O) groups excluding carboxylic acids is 2. The highest BCUT2D eigenvalue weighted by molar-refractivity contribution is 6.60. The second-order valence-corrected chi connectivity index (χ2v) is 7.09. The summed E-state index contributed by atoms with van der Waals surface area (Å²) in [6.07, 6.45) is 0. The maximum atomic E-state index is 13.1. The molecule has 0 fully saturated rings. The van der Waals surface area contributed by atoms with E-state index in [1.807, 2.05) is 12.1 Å². The first-order valence-electron chi connectivity index (χ1n) is 9.86. The first-order valence-corrected chi connectivity index (χ1v) is 9.86. The summed E-state index contributed by atoms with van der Waals surface area (Å²) in [6.45, 7) is 0. The van der Waals surface area contributed by atoms with Crippen molar-refractivity contribution >= 4 is 30.2 Å². The molecular formula is C23H19BN4O6. The van der Waals surface area contributed by atoms with E-state index < -0.39 is 30.7 Å². The number of carbonyl (C=O) groups is 2. The molecule has 2 aromatic rings. The van der Waals surface area contributed by atoms with Crippen molar-refractivity contribution in [2.75, 3.05) is 19.1 Å². The number of anilines is 1. The number of rotatable bonds is 5. The van der Waals surface area contributed by atoms with Gasteiger partial charge < -0.3 is 25.3 Å². The van der Waals surface area contributed by atoms with Crippen molar-refractivity contribution < 1.29 is 29.1 Å². The van der Waals surface area contributed by atoms with Gasteiger partial charge in [-0.25, -0.2) is 9.59 Å². The third kappa shape index (κ3) is 4.09. The predicted octanol–water partition coefficient (Wildman–Crippen LogP) is 0.136. The van der Waals surface area contributed by atoms with Gasteiger partial charge in [0.05, 0.1) is 49.0 Å².